The first-order valence-electron chi connectivity index (χ1n) is 5.60. The monoisotopic (exact) mass is 249 g/mol. The number of nitrogens with zero attached hydrogens (tertiary/aromatic N) is 3. The molecule has 0 aliphatic rings. The van der Waals surface area contributed by atoms with Crippen molar-refractivity contribution in [2.75, 3.05) is 6.54 Å². The van der Waals surface area contributed by atoms with Crippen molar-refractivity contribution in [3.8, 4) is 0 Å². The molecule has 0 unspecified atom stereocenters. The Bertz CT molecular complexity index is 531. The Morgan fingerprint density at radius 1 is 1.56 bits per heavy atom. The Kier molecular flexibility index (Phi) is 3.73. The largest absolute Gasteiger partial charge is 0.455 e. The SMILES string of the molecule is Cn1cnnc1CCNC(=O)c1ccc(CN)o1. The fraction of sp³-hybridized carbons (Fsp3) is 0.364. The van der Waals surface area contributed by atoms with Crippen LogP contribution in [0.4, 0.5) is 0 Å². The quantitative estimate of drug-likeness (QED) is 0.767. The van der Waals surface area contributed by atoms with Gasteiger partial charge in [0.15, 0.2) is 5.76 Å². The number of aromatic nitrogens is 3. The van der Waals surface area contributed by atoms with Gasteiger partial charge in [-0.15, -0.1) is 10.2 Å². The summed E-state index contributed by atoms with van der Waals surface area (Å²) in [4.78, 5) is 11.7. The molecule has 96 valence electrons. The highest BCUT2D eigenvalue weighted by atomic mass is 16.4. The lowest BCUT2D eigenvalue weighted by Gasteiger charge is -2.02. The Hall–Kier alpha value is -2.15. The van der Waals surface area contributed by atoms with Crippen LogP contribution in [0.25, 0.3) is 0 Å². The van der Waals surface area contributed by atoms with Crippen LogP contribution in [0.15, 0.2) is 22.9 Å². The van der Waals surface area contributed by atoms with Gasteiger partial charge in [0, 0.05) is 20.0 Å². The average molecular weight is 249 g/mol. The number of hydrogen-bond donors (Lipinski definition) is 2. The van der Waals surface area contributed by atoms with Crippen LogP contribution in [0, 0.1) is 0 Å². The third-order valence-corrected chi connectivity index (χ3v) is 2.53. The molecule has 0 aliphatic carbocycles. The Balaban J connectivity index is 1.83. The van der Waals surface area contributed by atoms with E-state index in [1.807, 2.05) is 11.6 Å². The first kappa shape index (κ1) is 12.3. The summed E-state index contributed by atoms with van der Waals surface area (Å²) in [5, 5.41) is 10.4. The predicted octanol–water partition coefficient (Wildman–Crippen LogP) is -0.161. The molecule has 0 radical (unpaired) electrons. The molecular formula is C11H15N5O2. The third kappa shape index (κ3) is 2.75. The zero-order valence-corrected chi connectivity index (χ0v) is 10.1. The first-order valence-corrected chi connectivity index (χ1v) is 5.60. The second-order valence-corrected chi connectivity index (χ2v) is 3.83. The van der Waals surface area contributed by atoms with Crippen LogP contribution in [0.5, 0.6) is 0 Å². The van der Waals surface area contributed by atoms with Gasteiger partial charge in [-0.05, 0) is 12.1 Å². The molecule has 7 nitrogen and oxygen atoms in total. The second kappa shape index (κ2) is 5.46. The minimum Gasteiger partial charge on any atom is -0.455 e. The summed E-state index contributed by atoms with van der Waals surface area (Å²) in [6.07, 6.45) is 2.24. The fourth-order valence-electron chi connectivity index (χ4n) is 1.52. The van der Waals surface area contributed by atoms with Crippen molar-refractivity contribution < 1.29 is 9.21 Å². The van der Waals surface area contributed by atoms with Gasteiger partial charge >= 0.3 is 0 Å². The number of rotatable bonds is 5. The van der Waals surface area contributed by atoms with Gasteiger partial charge in [-0.25, -0.2) is 0 Å². The molecule has 2 heterocycles. The van der Waals surface area contributed by atoms with Crippen molar-refractivity contribution in [3.63, 3.8) is 0 Å². The number of nitrogens with two attached hydrogens (primary N) is 1. The van der Waals surface area contributed by atoms with Gasteiger partial charge in [0.2, 0.25) is 0 Å². The van der Waals surface area contributed by atoms with Crippen LogP contribution in [-0.4, -0.2) is 27.2 Å². The predicted molar refractivity (Wildman–Crippen MR) is 63.6 cm³/mol. The molecule has 0 spiro atoms. The fourth-order valence-corrected chi connectivity index (χ4v) is 1.52. The average Bonchev–Trinajstić information content (AvgIpc) is 2.98. The maximum atomic E-state index is 11.7. The third-order valence-electron chi connectivity index (χ3n) is 2.53. The summed E-state index contributed by atoms with van der Waals surface area (Å²) in [7, 11) is 1.86. The highest BCUT2D eigenvalue weighted by Gasteiger charge is 2.10. The van der Waals surface area contributed by atoms with Gasteiger partial charge in [0.25, 0.3) is 5.91 Å². The molecule has 7 heteroatoms. The number of carbonyl (C=O) groups excluding carboxylic acids is 1. The van der Waals surface area contributed by atoms with Gasteiger partial charge in [-0.2, -0.15) is 0 Å². The molecule has 3 N–H and O–H groups in total. The van der Waals surface area contributed by atoms with Gasteiger partial charge < -0.3 is 20.0 Å². The van der Waals surface area contributed by atoms with Crippen LogP contribution in [0.3, 0.4) is 0 Å². The van der Waals surface area contributed by atoms with E-state index < -0.39 is 0 Å². The molecular weight excluding hydrogens is 234 g/mol. The van der Waals surface area contributed by atoms with Crippen LogP contribution >= 0.6 is 0 Å². The minimum atomic E-state index is -0.253. The number of amides is 1. The number of carbonyl (C=O) groups is 1. The van der Waals surface area contributed by atoms with E-state index in [1.54, 1.807) is 18.5 Å². The molecule has 0 atom stereocenters. The Labute approximate surface area is 104 Å². The summed E-state index contributed by atoms with van der Waals surface area (Å²) >= 11 is 0. The van der Waals surface area contributed by atoms with E-state index in [0.717, 1.165) is 5.82 Å². The van der Waals surface area contributed by atoms with Crippen LogP contribution in [0.2, 0.25) is 0 Å². The zero-order valence-electron chi connectivity index (χ0n) is 10.1. The lowest BCUT2D eigenvalue weighted by molar-refractivity contribution is 0.0924. The van der Waals surface area contributed by atoms with E-state index in [9.17, 15) is 4.79 Å². The minimum absolute atomic E-state index is 0.253. The van der Waals surface area contributed by atoms with Crippen molar-refractivity contribution in [1.29, 1.82) is 0 Å². The lowest BCUT2D eigenvalue weighted by atomic mass is 10.3. The normalized spacial score (nSPS) is 10.6. The van der Waals surface area contributed by atoms with Gasteiger partial charge in [0.05, 0.1) is 6.54 Å². The first-order chi connectivity index (χ1) is 8.70. The molecule has 1 amide bonds. The van der Waals surface area contributed by atoms with E-state index in [0.29, 0.717) is 18.7 Å². The standard InChI is InChI=1S/C11H15N5O2/c1-16-7-14-15-10(16)4-5-13-11(17)9-3-2-8(6-12)18-9/h2-3,7H,4-6,12H2,1H3,(H,13,17). The molecule has 2 aromatic heterocycles. The number of furan rings is 1. The van der Waals surface area contributed by atoms with Crippen molar-refractivity contribution in [2.24, 2.45) is 12.8 Å². The second-order valence-electron chi connectivity index (χ2n) is 3.83. The lowest BCUT2D eigenvalue weighted by Crippen LogP contribution is -2.26. The summed E-state index contributed by atoms with van der Waals surface area (Å²) in [6, 6.07) is 3.30. The van der Waals surface area contributed by atoms with Crippen LogP contribution < -0.4 is 11.1 Å². The number of nitrogens with one attached hydrogen (secondary N) is 1. The van der Waals surface area contributed by atoms with Crippen molar-refractivity contribution in [2.45, 2.75) is 13.0 Å². The summed E-state index contributed by atoms with van der Waals surface area (Å²) < 4.78 is 7.05. The molecule has 18 heavy (non-hydrogen) atoms. The number of hydrogen-bond acceptors (Lipinski definition) is 5. The summed E-state index contributed by atoms with van der Waals surface area (Å²) in [5.41, 5.74) is 5.40. The highest BCUT2D eigenvalue weighted by molar-refractivity contribution is 5.91. The maximum absolute atomic E-state index is 11.7. The van der Waals surface area contributed by atoms with Crippen LogP contribution in [0.1, 0.15) is 22.1 Å². The van der Waals surface area contributed by atoms with Crippen molar-refractivity contribution in [1.82, 2.24) is 20.1 Å². The van der Waals surface area contributed by atoms with E-state index in [-0.39, 0.29) is 18.2 Å². The van der Waals surface area contributed by atoms with Gasteiger partial charge in [-0.1, -0.05) is 0 Å². The molecule has 0 aromatic carbocycles. The molecule has 0 saturated heterocycles. The summed E-state index contributed by atoms with van der Waals surface area (Å²) in [5.74, 6) is 1.43. The molecule has 2 rings (SSSR count). The van der Waals surface area contributed by atoms with Crippen LogP contribution in [-0.2, 0) is 20.0 Å². The van der Waals surface area contributed by atoms with Gasteiger partial charge in [-0.3, -0.25) is 4.79 Å². The number of aryl methyl sites for hydroxylation is 1. The topological polar surface area (TPSA) is 99.0 Å². The van der Waals surface area contributed by atoms with Gasteiger partial charge in [0.1, 0.15) is 17.9 Å². The van der Waals surface area contributed by atoms with Crippen molar-refractivity contribution in [3.05, 3.63) is 35.8 Å². The Morgan fingerprint density at radius 3 is 3.00 bits per heavy atom. The zero-order chi connectivity index (χ0) is 13.0. The smallest absolute Gasteiger partial charge is 0.287 e. The molecule has 0 aliphatic heterocycles. The highest BCUT2D eigenvalue weighted by Crippen LogP contribution is 2.06. The van der Waals surface area contributed by atoms with E-state index in [2.05, 4.69) is 15.5 Å². The molecule has 0 fully saturated rings. The van der Waals surface area contributed by atoms with E-state index in [1.165, 1.54) is 0 Å². The Morgan fingerprint density at radius 2 is 2.39 bits per heavy atom. The molecule has 2 aromatic rings. The van der Waals surface area contributed by atoms with E-state index in [4.69, 9.17) is 10.2 Å². The molecule has 0 saturated carbocycles. The van der Waals surface area contributed by atoms with Crippen molar-refractivity contribution >= 4 is 5.91 Å². The van der Waals surface area contributed by atoms with E-state index >= 15 is 0 Å². The maximum Gasteiger partial charge on any atom is 0.287 e. The summed E-state index contributed by atoms with van der Waals surface area (Å²) in [6.45, 7) is 0.760. The molecule has 0 bridgehead atoms.